The van der Waals surface area contributed by atoms with E-state index in [4.69, 9.17) is 9.47 Å². The van der Waals surface area contributed by atoms with Crippen molar-refractivity contribution in [1.82, 2.24) is 0 Å². The van der Waals surface area contributed by atoms with E-state index in [1.165, 1.54) is 5.56 Å². The van der Waals surface area contributed by atoms with E-state index in [0.717, 1.165) is 30.2 Å². The Bertz CT molecular complexity index is 534. The zero-order chi connectivity index (χ0) is 15.1. The fraction of sp³-hybridized carbons (Fsp3) is 0.333. The molecule has 3 nitrogen and oxygen atoms in total. The van der Waals surface area contributed by atoms with Crippen molar-refractivity contribution in [2.24, 2.45) is 0 Å². The molecule has 0 amide bonds. The smallest absolute Gasteiger partial charge is 0.119 e. The van der Waals surface area contributed by atoms with Crippen LogP contribution in [0.25, 0.3) is 0 Å². The number of ether oxygens (including phenoxy) is 2. The Kier molecular flexibility index (Phi) is 5.50. The van der Waals surface area contributed by atoms with Gasteiger partial charge in [-0.15, -0.1) is 0 Å². The van der Waals surface area contributed by atoms with Crippen LogP contribution in [0.1, 0.15) is 25.8 Å². The average Bonchev–Trinajstić information content (AvgIpc) is 2.54. The van der Waals surface area contributed by atoms with E-state index in [-0.39, 0.29) is 6.10 Å². The molecule has 21 heavy (non-hydrogen) atoms. The highest BCUT2D eigenvalue weighted by Gasteiger charge is 2.01. The lowest BCUT2D eigenvalue weighted by atomic mass is 10.2. The predicted molar refractivity (Wildman–Crippen MR) is 87.1 cm³/mol. The van der Waals surface area contributed by atoms with Gasteiger partial charge in [-0.2, -0.15) is 0 Å². The maximum atomic E-state index is 5.77. The van der Waals surface area contributed by atoms with Crippen molar-refractivity contribution in [3.05, 3.63) is 54.1 Å². The maximum absolute atomic E-state index is 5.77. The first-order chi connectivity index (χ1) is 10.2. The molecular formula is C18H23NO2. The van der Waals surface area contributed by atoms with Crippen LogP contribution in [0.15, 0.2) is 48.5 Å². The van der Waals surface area contributed by atoms with Crippen LogP contribution in [0.5, 0.6) is 11.5 Å². The number of benzene rings is 2. The highest BCUT2D eigenvalue weighted by Crippen LogP contribution is 2.18. The van der Waals surface area contributed by atoms with Crippen LogP contribution in [0.2, 0.25) is 0 Å². The molecule has 3 heteroatoms. The van der Waals surface area contributed by atoms with Crippen molar-refractivity contribution in [1.29, 1.82) is 0 Å². The molecule has 2 aromatic rings. The molecule has 1 N–H and O–H groups in total. The Morgan fingerprint density at radius 3 is 2.14 bits per heavy atom. The van der Waals surface area contributed by atoms with Crippen molar-refractivity contribution < 1.29 is 9.47 Å². The summed E-state index contributed by atoms with van der Waals surface area (Å²) in [7, 11) is 1.68. The SMILES string of the molecule is CCC(C)Oc1ccc(NCc2ccc(OC)cc2)cc1. The van der Waals surface area contributed by atoms with Gasteiger partial charge in [0.2, 0.25) is 0 Å². The Morgan fingerprint density at radius 2 is 1.57 bits per heavy atom. The van der Waals surface area contributed by atoms with Crippen molar-refractivity contribution in [3.8, 4) is 11.5 Å². The molecule has 0 heterocycles. The van der Waals surface area contributed by atoms with Crippen LogP contribution in [0.3, 0.4) is 0 Å². The van der Waals surface area contributed by atoms with Gasteiger partial charge in [-0.05, 0) is 55.3 Å². The number of anilines is 1. The average molecular weight is 285 g/mol. The van der Waals surface area contributed by atoms with Gasteiger partial charge < -0.3 is 14.8 Å². The van der Waals surface area contributed by atoms with Gasteiger partial charge in [0.05, 0.1) is 13.2 Å². The minimum Gasteiger partial charge on any atom is -0.497 e. The van der Waals surface area contributed by atoms with Gasteiger partial charge in [0.25, 0.3) is 0 Å². The first-order valence-electron chi connectivity index (χ1n) is 7.34. The van der Waals surface area contributed by atoms with Crippen LogP contribution in [-0.2, 0) is 6.54 Å². The quantitative estimate of drug-likeness (QED) is 0.813. The molecule has 0 spiro atoms. The summed E-state index contributed by atoms with van der Waals surface area (Å²) >= 11 is 0. The molecule has 0 saturated carbocycles. The molecule has 0 saturated heterocycles. The fourth-order valence-corrected chi connectivity index (χ4v) is 1.91. The highest BCUT2D eigenvalue weighted by molar-refractivity contribution is 5.47. The molecular weight excluding hydrogens is 262 g/mol. The predicted octanol–water partition coefficient (Wildman–Crippen LogP) is 4.48. The Hall–Kier alpha value is -2.16. The highest BCUT2D eigenvalue weighted by atomic mass is 16.5. The monoisotopic (exact) mass is 285 g/mol. The molecule has 2 aromatic carbocycles. The number of hydrogen-bond acceptors (Lipinski definition) is 3. The minimum absolute atomic E-state index is 0.253. The second kappa shape index (κ2) is 7.58. The summed E-state index contributed by atoms with van der Waals surface area (Å²) in [5, 5.41) is 3.40. The molecule has 0 aromatic heterocycles. The van der Waals surface area contributed by atoms with E-state index in [1.54, 1.807) is 7.11 Å². The number of methoxy groups -OCH3 is 1. The molecule has 0 bridgehead atoms. The molecule has 0 aliphatic rings. The van der Waals surface area contributed by atoms with Gasteiger partial charge in [0.1, 0.15) is 11.5 Å². The van der Waals surface area contributed by atoms with Crippen LogP contribution >= 0.6 is 0 Å². The van der Waals surface area contributed by atoms with Crippen molar-refractivity contribution in [3.63, 3.8) is 0 Å². The lowest BCUT2D eigenvalue weighted by Crippen LogP contribution is -2.09. The zero-order valence-corrected chi connectivity index (χ0v) is 12.9. The van der Waals surface area contributed by atoms with Gasteiger partial charge in [0, 0.05) is 12.2 Å². The van der Waals surface area contributed by atoms with E-state index >= 15 is 0 Å². The van der Waals surface area contributed by atoms with E-state index in [9.17, 15) is 0 Å². The Balaban J connectivity index is 1.88. The van der Waals surface area contributed by atoms with Crippen LogP contribution in [0.4, 0.5) is 5.69 Å². The van der Waals surface area contributed by atoms with Gasteiger partial charge in [0.15, 0.2) is 0 Å². The third kappa shape index (κ3) is 4.71. The normalized spacial score (nSPS) is 11.8. The lowest BCUT2D eigenvalue weighted by Gasteiger charge is -2.13. The first kappa shape index (κ1) is 15.2. The minimum atomic E-state index is 0.253. The van der Waals surface area contributed by atoms with Crippen LogP contribution < -0.4 is 14.8 Å². The third-order valence-electron chi connectivity index (χ3n) is 3.42. The number of nitrogens with one attached hydrogen (secondary N) is 1. The van der Waals surface area contributed by atoms with Gasteiger partial charge in [-0.3, -0.25) is 0 Å². The summed E-state index contributed by atoms with van der Waals surface area (Å²) in [5.74, 6) is 1.80. The maximum Gasteiger partial charge on any atom is 0.119 e. The summed E-state index contributed by atoms with van der Waals surface area (Å²) in [6, 6.07) is 16.2. The molecule has 0 fully saturated rings. The number of rotatable bonds is 7. The second-order valence-electron chi connectivity index (χ2n) is 5.06. The Morgan fingerprint density at radius 1 is 0.952 bits per heavy atom. The van der Waals surface area contributed by atoms with Gasteiger partial charge in [-0.25, -0.2) is 0 Å². The summed E-state index contributed by atoms with van der Waals surface area (Å²) in [5.41, 5.74) is 2.30. The topological polar surface area (TPSA) is 30.5 Å². The fourth-order valence-electron chi connectivity index (χ4n) is 1.91. The molecule has 0 aliphatic heterocycles. The van der Waals surface area contributed by atoms with E-state index in [0.29, 0.717) is 0 Å². The lowest BCUT2D eigenvalue weighted by molar-refractivity contribution is 0.217. The summed E-state index contributed by atoms with van der Waals surface area (Å²) in [6.07, 6.45) is 1.26. The van der Waals surface area contributed by atoms with Crippen molar-refractivity contribution in [2.45, 2.75) is 32.9 Å². The molecule has 112 valence electrons. The van der Waals surface area contributed by atoms with E-state index < -0.39 is 0 Å². The molecule has 1 unspecified atom stereocenters. The van der Waals surface area contributed by atoms with Crippen LogP contribution in [0, 0.1) is 0 Å². The Labute approximate surface area is 126 Å². The van der Waals surface area contributed by atoms with Crippen molar-refractivity contribution in [2.75, 3.05) is 12.4 Å². The van der Waals surface area contributed by atoms with E-state index in [1.807, 2.05) is 36.4 Å². The summed E-state index contributed by atoms with van der Waals surface area (Å²) < 4.78 is 10.9. The third-order valence-corrected chi connectivity index (χ3v) is 3.42. The second-order valence-corrected chi connectivity index (χ2v) is 5.06. The number of hydrogen-bond donors (Lipinski definition) is 1. The molecule has 0 radical (unpaired) electrons. The van der Waals surface area contributed by atoms with Crippen molar-refractivity contribution >= 4 is 5.69 Å². The largest absolute Gasteiger partial charge is 0.497 e. The van der Waals surface area contributed by atoms with E-state index in [2.05, 4.69) is 31.3 Å². The molecule has 2 rings (SSSR count). The summed E-state index contributed by atoms with van der Waals surface area (Å²) in [4.78, 5) is 0. The molecule has 1 atom stereocenters. The zero-order valence-electron chi connectivity index (χ0n) is 12.9. The summed E-state index contributed by atoms with van der Waals surface area (Å²) in [6.45, 7) is 4.99. The molecule has 0 aliphatic carbocycles. The van der Waals surface area contributed by atoms with Gasteiger partial charge in [-0.1, -0.05) is 19.1 Å². The first-order valence-corrected chi connectivity index (χ1v) is 7.34. The van der Waals surface area contributed by atoms with Crippen LogP contribution in [-0.4, -0.2) is 13.2 Å². The van der Waals surface area contributed by atoms with Gasteiger partial charge >= 0.3 is 0 Å². The standard InChI is InChI=1S/C18H23NO2/c1-4-14(2)21-18-11-7-16(8-12-18)19-13-15-5-9-17(20-3)10-6-15/h5-12,14,19H,4,13H2,1-3H3.